The molecule has 0 spiro atoms. The van der Waals surface area contributed by atoms with Crippen molar-refractivity contribution in [2.75, 3.05) is 46.9 Å². The summed E-state index contributed by atoms with van der Waals surface area (Å²) in [5, 5.41) is 3.44. The number of hydrogen-bond acceptors (Lipinski definition) is 3. The topological polar surface area (TPSA) is 57.2 Å². The van der Waals surface area contributed by atoms with Crippen molar-refractivity contribution in [2.24, 2.45) is 16.8 Å². The predicted octanol–water partition coefficient (Wildman–Crippen LogP) is 1.80. The summed E-state index contributed by atoms with van der Waals surface area (Å²) in [5.74, 6) is 2.04. The summed E-state index contributed by atoms with van der Waals surface area (Å²) < 4.78 is 5.89. The molecule has 0 bridgehead atoms. The number of rotatable bonds is 4. The number of aliphatic imine (C=N–C) groups is 1. The molecular formula is C17H33IN4O2. The molecule has 0 aliphatic carbocycles. The number of piperidine rings is 1. The fourth-order valence-electron chi connectivity index (χ4n) is 3.13. The van der Waals surface area contributed by atoms with E-state index in [0.29, 0.717) is 17.9 Å². The summed E-state index contributed by atoms with van der Waals surface area (Å²) in [5.41, 5.74) is 0. The van der Waals surface area contributed by atoms with Crippen LogP contribution in [0, 0.1) is 11.8 Å². The maximum Gasteiger partial charge on any atom is 0.243 e. The number of likely N-dealkylation sites (N-methyl/N-ethyl adjacent to an activating group) is 1. The molecule has 24 heavy (non-hydrogen) atoms. The number of halogens is 1. The highest BCUT2D eigenvalue weighted by atomic mass is 127. The van der Waals surface area contributed by atoms with Gasteiger partial charge in [-0.15, -0.1) is 24.0 Å². The zero-order valence-electron chi connectivity index (χ0n) is 15.5. The SMILES string of the molecule is CC(C)CNC(=NCC(=O)N(C)C)N1CCC2OCCCC2C1.I. The van der Waals surface area contributed by atoms with Crippen molar-refractivity contribution in [3.63, 3.8) is 0 Å². The third-order valence-electron chi connectivity index (χ3n) is 4.55. The van der Waals surface area contributed by atoms with Gasteiger partial charge in [0.15, 0.2) is 5.96 Å². The molecule has 2 fully saturated rings. The Hall–Kier alpha value is -0.570. The molecule has 0 radical (unpaired) electrons. The smallest absolute Gasteiger partial charge is 0.243 e. The number of guanidine groups is 1. The maximum absolute atomic E-state index is 11.8. The molecule has 140 valence electrons. The first-order valence-corrected chi connectivity index (χ1v) is 8.82. The van der Waals surface area contributed by atoms with Crippen LogP contribution in [0.2, 0.25) is 0 Å². The first-order valence-electron chi connectivity index (χ1n) is 8.82. The number of carbonyl (C=O) groups excluding carboxylic acids is 1. The third kappa shape index (κ3) is 6.38. The average molecular weight is 452 g/mol. The summed E-state index contributed by atoms with van der Waals surface area (Å²) in [6.07, 6.45) is 3.85. The van der Waals surface area contributed by atoms with Crippen LogP contribution in [0.4, 0.5) is 0 Å². The molecule has 0 aromatic heterocycles. The highest BCUT2D eigenvalue weighted by Crippen LogP contribution is 2.28. The molecule has 2 saturated heterocycles. The largest absolute Gasteiger partial charge is 0.378 e. The second-order valence-corrected chi connectivity index (χ2v) is 7.25. The molecule has 2 unspecified atom stereocenters. The van der Waals surface area contributed by atoms with Gasteiger partial charge in [0.2, 0.25) is 5.91 Å². The fraction of sp³-hybridized carbons (Fsp3) is 0.882. The highest BCUT2D eigenvalue weighted by Gasteiger charge is 2.33. The maximum atomic E-state index is 11.8. The van der Waals surface area contributed by atoms with E-state index in [1.54, 1.807) is 19.0 Å². The van der Waals surface area contributed by atoms with Crippen LogP contribution in [0.15, 0.2) is 4.99 Å². The average Bonchev–Trinajstić information content (AvgIpc) is 2.53. The lowest BCUT2D eigenvalue weighted by Crippen LogP contribution is -2.52. The second-order valence-electron chi connectivity index (χ2n) is 7.25. The normalized spacial score (nSPS) is 24.2. The fourth-order valence-corrected chi connectivity index (χ4v) is 3.13. The summed E-state index contributed by atoms with van der Waals surface area (Å²) in [6, 6.07) is 0. The summed E-state index contributed by atoms with van der Waals surface area (Å²) >= 11 is 0. The Balaban J connectivity index is 0.00000288. The zero-order valence-corrected chi connectivity index (χ0v) is 17.8. The van der Waals surface area contributed by atoms with Crippen LogP contribution in [0.1, 0.15) is 33.1 Å². The van der Waals surface area contributed by atoms with Crippen LogP contribution in [0.5, 0.6) is 0 Å². The van der Waals surface area contributed by atoms with Crippen molar-refractivity contribution in [3.05, 3.63) is 0 Å². The molecule has 2 rings (SSSR count). The van der Waals surface area contributed by atoms with Gasteiger partial charge in [0.25, 0.3) is 0 Å². The van der Waals surface area contributed by atoms with E-state index in [4.69, 9.17) is 4.74 Å². The number of ether oxygens (including phenoxy) is 1. The lowest BCUT2D eigenvalue weighted by molar-refractivity contribution is -0.127. The van der Waals surface area contributed by atoms with Crippen LogP contribution in [-0.2, 0) is 9.53 Å². The van der Waals surface area contributed by atoms with Gasteiger partial charge in [0, 0.05) is 46.3 Å². The van der Waals surface area contributed by atoms with Crippen molar-refractivity contribution in [1.82, 2.24) is 15.1 Å². The summed E-state index contributed by atoms with van der Waals surface area (Å²) in [4.78, 5) is 20.3. The lowest BCUT2D eigenvalue weighted by atomic mass is 9.88. The van der Waals surface area contributed by atoms with Gasteiger partial charge >= 0.3 is 0 Å². The minimum atomic E-state index is 0. The number of amides is 1. The van der Waals surface area contributed by atoms with Crippen molar-refractivity contribution in [1.29, 1.82) is 0 Å². The van der Waals surface area contributed by atoms with Gasteiger partial charge in [-0.1, -0.05) is 13.8 Å². The van der Waals surface area contributed by atoms with Gasteiger partial charge in [-0.2, -0.15) is 0 Å². The molecule has 6 nitrogen and oxygen atoms in total. The third-order valence-corrected chi connectivity index (χ3v) is 4.55. The Morgan fingerprint density at radius 2 is 2.12 bits per heavy atom. The van der Waals surface area contributed by atoms with Crippen molar-refractivity contribution < 1.29 is 9.53 Å². The lowest BCUT2D eigenvalue weighted by Gasteiger charge is -2.42. The van der Waals surface area contributed by atoms with Gasteiger partial charge < -0.3 is 19.9 Å². The van der Waals surface area contributed by atoms with Crippen LogP contribution >= 0.6 is 24.0 Å². The first kappa shape index (κ1) is 21.5. The van der Waals surface area contributed by atoms with Crippen molar-refractivity contribution in [2.45, 2.75) is 39.2 Å². The van der Waals surface area contributed by atoms with E-state index in [1.807, 2.05) is 0 Å². The Kier molecular flexibility index (Phi) is 9.33. The quantitative estimate of drug-likeness (QED) is 0.402. The molecule has 2 aliphatic rings. The number of fused-ring (bicyclic) bond motifs is 1. The van der Waals surface area contributed by atoms with Crippen LogP contribution in [0.25, 0.3) is 0 Å². The van der Waals surface area contributed by atoms with Crippen LogP contribution in [0.3, 0.4) is 0 Å². The highest BCUT2D eigenvalue weighted by molar-refractivity contribution is 14.0. The van der Waals surface area contributed by atoms with E-state index in [9.17, 15) is 4.79 Å². The monoisotopic (exact) mass is 452 g/mol. The standard InChI is InChI=1S/C17H32N4O2.HI/c1-13(2)10-18-17(19-11-16(22)20(3)4)21-8-7-15-14(12-21)6-5-9-23-15;/h13-15H,5-12H2,1-4H3,(H,18,19);1H. The van der Waals surface area contributed by atoms with Crippen LogP contribution < -0.4 is 5.32 Å². The molecule has 2 atom stereocenters. The molecule has 0 saturated carbocycles. The van der Waals surface area contributed by atoms with Gasteiger partial charge in [-0.25, -0.2) is 4.99 Å². The molecule has 7 heteroatoms. The van der Waals surface area contributed by atoms with E-state index in [1.165, 1.54) is 6.42 Å². The number of nitrogens with zero attached hydrogens (tertiary/aromatic N) is 3. The number of likely N-dealkylation sites (tertiary alicyclic amines) is 1. The molecule has 0 aromatic carbocycles. The van der Waals surface area contributed by atoms with Crippen molar-refractivity contribution >= 4 is 35.8 Å². The van der Waals surface area contributed by atoms with E-state index in [0.717, 1.165) is 45.0 Å². The van der Waals surface area contributed by atoms with Gasteiger partial charge in [0.1, 0.15) is 6.54 Å². The van der Waals surface area contributed by atoms with E-state index in [2.05, 4.69) is 29.1 Å². The molecule has 2 aliphatic heterocycles. The summed E-state index contributed by atoms with van der Waals surface area (Å²) in [6.45, 7) is 8.26. The molecular weight excluding hydrogens is 419 g/mol. The van der Waals surface area contributed by atoms with Gasteiger partial charge in [-0.3, -0.25) is 4.79 Å². The molecule has 2 heterocycles. The minimum Gasteiger partial charge on any atom is -0.378 e. The molecule has 1 N–H and O–H groups in total. The molecule has 0 aromatic rings. The predicted molar refractivity (Wildman–Crippen MR) is 108 cm³/mol. The van der Waals surface area contributed by atoms with E-state index in [-0.39, 0.29) is 36.4 Å². The van der Waals surface area contributed by atoms with E-state index < -0.39 is 0 Å². The number of carbonyl (C=O) groups is 1. The van der Waals surface area contributed by atoms with Crippen molar-refractivity contribution in [3.8, 4) is 0 Å². The number of hydrogen-bond donors (Lipinski definition) is 1. The van der Waals surface area contributed by atoms with Gasteiger partial charge in [-0.05, 0) is 25.2 Å². The Bertz CT molecular complexity index is 429. The minimum absolute atomic E-state index is 0. The van der Waals surface area contributed by atoms with Crippen LogP contribution in [-0.4, -0.2) is 74.7 Å². The molecule has 1 amide bonds. The first-order chi connectivity index (χ1) is 11.0. The Morgan fingerprint density at radius 1 is 1.38 bits per heavy atom. The zero-order chi connectivity index (χ0) is 16.8. The number of nitrogens with one attached hydrogen (secondary N) is 1. The van der Waals surface area contributed by atoms with E-state index >= 15 is 0 Å². The Labute approximate surface area is 163 Å². The summed E-state index contributed by atoms with van der Waals surface area (Å²) in [7, 11) is 3.54. The van der Waals surface area contributed by atoms with Gasteiger partial charge in [0.05, 0.1) is 6.10 Å². The second kappa shape index (κ2) is 10.4. The Morgan fingerprint density at radius 3 is 2.79 bits per heavy atom.